The van der Waals surface area contributed by atoms with Crippen LogP contribution in [0.25, 0.3) is 5.69 Å². The number of likely N-dealkylation sites (N-methyl/N-ethyl adjacent to an activating group) is 1. The van der Waals surface area contributed by atoms with Gasteiger partial charge in [0.25, 0.3) is 0 Å². The molecule has 0 radical (unpaired) electrons. The second-order valence-corrected chi connectivity index (χ2v) is 6.21. The summed E-state index contributed by atoms with van der Waals surface area (Å²) in [6, 6.07) is 8.35. The van der Waals surface area contributed by atoms with Gasteiger partial charge in [0, 0.05) is 42.8 Å². The van der Waals surface area contributed by atoms with Crippen molar-refractivity contribution >= 4 is 17.6 Å². The molecule has 2 aromatic rings. The Morgan fingerprint density at radius 2 is 2.16 bits per heavy atom. The Hall–Kier alpha value is -2.60. The van der Waals surface area contributed by atoms with Crippen LogP contribution in [0.2, 0.25) is 0 Å². The number of benzene rings is 1. The third-order valence-electron chi connectivity index (χ3n) is 4.35. The van der Waals surface area contributed by atoms with Crippen molar-refractivity contribution in [3.8, 4) is 5.69 Å². The fraction of sp³-hybridized carbons (Fsp3) is 0.222. The number of allylic oxidation sites excluding steroid dienone is 2. The molecule has 2 aliphatic heterocycles. The third kappa shape index (κ3) is 2.82. The summed E-state index contributed by atoms with van der Waals surface area (Å²) >= 11 is 6.22. The maximum absolute atomic E-state index is 13.6. The standard InChI is InChI=1S/C18H17ClFN5/c1-2-23-16-7-4-10-24(19)18(16)22-17(23)12-15-8-9-21-25(15)14-6-3-5-13(20)11-14/h3-11,17H,2,12H2,1H3. The van der Waals surface area contributed by atoms with Crippen molar-refractivity contribution in [2.24, 2.45) is 4.99 Å². The summed E-state index contributed by atoms with van der Waals surface area (Å²) in [6.45, 7) is 2.91. The first kappa shape index (κ1) is 15.9. The average molecular weight is 358 g/mol. The molecule has 1 unspecified atom stereocenters. The SMILES string of the molecule is CCN1C2=CC=CN(Cl)C2=NC1Cc1ccnn1-c1cccc(F)c1. The fourth-order valence-electron chi connectivity index (χ4n) is 3.23. The second kappa shape index (κ2) is 6.37. The molecule has 128 valence electrons. The lowest BCUT2D eigenvalue weighted by atomic mass is 10.2. The Morgan fingerprint density at radius 1 is 1.28 bits per heavy atom. The molecule has 1 aromatic heterocycles. The molecule has 2 aliphatic rings. The van der Waals surface area contributed by atoms with Crippen LogP contribution in [0.4, 0.5) is 4.39 Å². The number of hydrogen-bond acceptors (Lipinski definition) is 4. The van der Waals surface area contributed by atoms with Crippen LogP contribution in [-0.2, 0) is 6.42 Å². The number of hydrogen-bond donors (Lipinski definition) is 0. The molecule has 0 saturated carbocycles. The van der Waals surface area contributed by atoms with Gasteiger partial charge in [-0.3, -0.25) is 0 Å². The molecule has 0 aliphatic carbocycles. The number of amidine groups is 1. The number of halogens is 2. The lowest BCUT2D eigenvalue weighted by Gasteiger charge is -2.26. The largest absolute Gasteiger partial charge is 0.347 e. The summed E-state index contributed by atoms with van der Waals surface area (Å²) in [6.07, 6.45) is 8.00. The van der Waals surface area contributed by atoms with Crippen molar-refractivity contribution in [2.75, 3.05) is 6.54 Å². The summed E-state index contributed by atoms with van der Waals surface area (Å²) in [5.41, 5.74) is 2.68. The van der Waals surface area contributed by atoms with Gasteiger partial charge >= 0.3 is 0 Å². The third-order valence-corrected chi connectivity index (χ3v) is 4.62. The van der Waals surface area contributed by atoms with E-state index in [0.717, 1.165) is 23.8 Å². The van der Waals surface area contributed by atoms with Gasteiger partial charge in [-0.25, -0.2) is 18.5 Å². The highest BCUT2D eigenvalue weighted by atomic mass is 35.5. The van der Waals surface area contributed by atoms with Gasteiger partial charge in [0.2, 0.25) is 0 Å². The van der Waals surface area contributed by atoms with E-state index >= 15 is 0 Å². The first-order chi connectivity index (χ1) is 12.2. The summed E-state index contributed by atoms with van der Waals surface area (Å²) in [5.74, 6) is 0.475. The van der Waals surface area contributed by atoms with E-state index in [2.05, 4.69) is 16.9 Å². The number of aromatic nitrogens is 2. The predicted octanol–water partition coefficient (Wildman–Crippen LogP) is 3.48. The highest BCUT2D eigenvalue weighted by Crippen LogP contribution is 2.29. The molecule has 0 saturated heterocycles. The van der Waals surface area contributed by atoms with E-state index in [-0.39, 0.29) is 12.0 Å². The monoisotopic (exact) mass is 357 g/mol. The van der Waals surface area contributed by atoms with Crippen molar-refractivity contribution in [3.05, 3.63) is 72.1 Å². The Kier molecular flexibility index (Phi) is 4.05. The minimum atomic E-state index is -0.282. The minimum Gasteiger partial charge on any atom is -0.347 e. The first-order valence-electron chi connectivity index (χ1n) is 8.14. The van der Waals surface area contributed by atoms with E-state index in [4.69, 9.17) is 16.8 Å². The quantitative estimate of drug-likeness (QED) is 0.786. The van der Waals surface area contributed by atoms with Gasteiger partial charge in [0.05, 0.1) is 11.4 Å². The molecule has 0 amide bonds. The van der Waals surface area contributed by atoms with E-state index in [1.54, 1.807) is 23.1 Å². The van der Waals surface area contributed by atoms with Gasteiger partial charge in [-0.05, 0) is 43.3 Å². The van der Waals surface area contributed by atoms with Crippen molar-refractivity contribution in [1.29, 1.82) is 0 Å². The molecular weight excluding hydrogens is 341 g/mol. The van der Waals surface area contributed by atoms with Crippen molar-refractivity contribution in [2.45, 2.75) is 19.5 Å². The van der Waals surface area contributed by atoms with E-state index < -0.39 is 0 Å². The van der Waals surface area contributed by atoms with Crippen LogP contribution in [0.1, 0.15) is 12.6 Å². The minimum absolute atomic E-state index is 0.0728. The summed E-state index contributed by atoms with van der Waals surface area (Å²) in [5, 5.41) is 4.35. The van der Waals surface area contributed by atoms with Gasteiger partial charge in [-0.15, -0.1) is 0 Å². The molecule has 3 heterocycles. The van der Waals surface area contributed by atoms with Gasteiger partial charge < -0.3 is 4.90 Å². The summed E-state index contributed by atoms with van der Waals surface area (Å²) in [4.78, 5) is 6.98. The lowest BCUT2D eigenvalue weighted by molar-refractivity contribution is 0.298. The van der Waals surface area contributed by atoms with Crippen LogP contribution in [0, 0.1) is 5.82 Å². The average Bonchev–Trinajstić information content (AvgIpc) is 3.20. The summed E-state index contributed by atoms with van der Waals surface area (Å²) in [7, 11) is 0. The maximum Gasteiger partial charge on any atom is 0.168 e. The molecule has 0 bridgehead atoms. The molecule has 1 aromatic carbocycles. The summed E-state index contributed by atoms with van der Waals surface area (Å²) < 4.78 is 16.8. The van der Waals surface area contributed by atoms with E-state index in [9.17, 15) is 4.39 Å². The number of nitrogens with zero attached hydrogens (tertiary/aromatic N) is 5. The molecular formula is C18H17ClFN5. The normalized spacial score (nSPS) is 19.1. The predicted molar refractivity (Wildman–Crippen MR) is 95.7 cm³/mol. The van der Waals surface area contributed by atoms with Crippen LogP contribution in [0.3, 0.4) is 0 Å². The maximum atomic E-state index is 13.6. The highest BCUT2D eigenvalue weighted by Gasteiger charge is 2.33. The first-order valence-corrected chi connectivity index (χ1v) is 8.48. The fourth-order valence-corrected chi connectivity index (χ4v) is 3.43. The Morgan fingerprint density at radius 3 is 2.96 bits per heavy atom. The second-order valence-electron chi connectivity index (χ2n) is 5.84. The molecule has 7 heteroatoms. The van der Waals surface area contributed by atoms with E-state index in [1.807, 2.05) is 24.3 Å². The van der Waals surface area contributed by atoms with E-state index in [1.165, 1.54) is 16.6 Å². The lowest BCUT2D eigenvalue weighted by Crippen LogP contribution is -2.33. The smallest absolute Gasteiger partial charge is 0.168 e. The van der Waals surface area contributed by atoms with Crippen molar-refractivity contribution < 1.29 is 4.39 Å². The highest BCUT2D eigenvalue weighted by molar-refractivity contribution is 6.26. The van der Waals surface area contributed by atoms with Gasteiger partial charge in [0.15, 0.2) is 5.84 Å². The van der Waals surface area contributed by atoms with Crippen LogP contribution in [0.15, 0.2) is 65.6 Å². The topological polar surface area (TPSA) is 36.7 Å². The Bertz CT molecular complexity index is 885. The van der Waals surface area contributed by atoms with Gasteiger partial charge in [-0.2, -0.15) is 5.10 Å². The van der Waals surface area contributed by atoms with Crippen LogP contribution >= 0.6 is 11.8 Å². The van der Waals surface area contributed by atoms with Crippen LogP contribution < -0.4 is 0 Å². The molecule has 0 fully saturated rings. The van der Waals surface area contributed by atoms with Gasteiger partial charge in [0.1, 0.15) is 12.0 Å². The molecule has 0 N–H and O–H groups in total. The van der Waals surface area contributed by atoms with Crippen molar-refractivity contribution in [3.63, 3.8) is 0 Å². The zero-order valence-electron chi connectivity index (χ0n) is 13.7. The number of fused-ring (bicyclic) bond motifs is 1. The zero-order valence-corrected chi connectivity index (χ0v) is 14.4. The van der Waals surface area contributed by atoms with Crippen molar-refractivity contribution in [1.82, 2.24) is 19.1 Å². The Balaban J connectivity index is 1.65. The van der Waals surface area contributed by atoms with E-state index in [0.29, 0.717) is 12.1 Å². The van der Waals surface area contributed by atoms with Crippen LogP contribution in [0.5, 0.6) is 0 Å². The molecule has 0 spiro atoms. The number of aliphatic imine (C=N–C) groups is 1. The Labute approximate surface area is 150 Å². The molecule has 1 atom stereocenters. The zero-order chi connectivity index (χ0) is 17.4. The van der Waals surface area contributed by atoms with Gasteiger partial charge in [-0.1, -0.05) is 6.07 Å². The molecule has 25 heavy (non-hydrogen) atoms. The molecule has 5 nitrogen and oxygen atoms in total. The number of rotatable bonds is 4. The van der Waals surface area contributed by atoms with Crippen LogP contribution in [-0.4, -0.2) is 37.6 Å². The molecule has 4 rings (SSSR count).